The predicted octanol–water partition coefficient (Wildman–Crippen LogP) is 1.72. The molecule has 2 N–H and O–H groups in total. The zero-order valence-corrected chi connectivity index (χ0v) is 12.5. The molecule has 4 nitrogen and oxygen atoms in total. The van der Waals surface area contributed by atoms with Gasteiger partial charge in [-0.2, -0.15) is 0 Å². The van der Waals surface area contributed by atoms with E-state index >= 15 is 0 Å². The number of likely N-dealkylation sites (N-methyl/N-ethyl adjacent to an activating group) is 1. The van der Waals surface area contributed by atoms with Gasteiger partial charge in [0.15, 0.2) is 0 Å². The molecule has 1 saturated heterocycles. The molecular formula is C16H24FNO3. The zero-order valence-electron chi connectivity index (χ0n) is 12.5. The van der Waals surface area contributed by atoms with Gasteiger partial charge in [0.05, 0.1) is 11.7 Å². The van der Waals surface area contributed by atoms with E-state index < -0.39 is 11.7 Å². The van der Waals surface area contributed by atoms with Gasteiger partial charge >= 0.3 is 0 Å². The zero-order chi connectivity index (χ0) is 15.3. The van der Waals surface area contributed by atoms with Crippen LogP contribution < -0.4 is 0 Å². The first-order valence-electron chi connectivity index (χ1n) is 7.41. The molecule has 0 aromatic heterocycles. The van der Waals surface area contributed by atoms with Gasteiger partial charge in [-0.25, -0.2) is 4.39 Å². The van der Waals surface area contributed by atoms with Gasteiger partial charge in [-0.05, 0) is 19.5 Å². The first kappa shape index (κ1) is 16.4. The molecule has 0 amide bonds. The van der Waals surface area contributed by atoms with Gasteiger partial charge < -0.3 is 19.8 Å². The third-order valence-corrected chi connectivity index (χ3v) is 4.04. The van der Waals surface area contributed by atoms with Crippen molar-refractivity contribution >= 4 is 0 Å². The molecule has 0 radical (unpaired) electrons. The third-order valence-electron chi connectivity index (χ3n) is 4.04. The van der Waals surface area contributed by atoms with Crippen molar-refractivity contribution in [3.05, 3.63) is 35.6 Å². The van der Waals surface area contributed by atoms with Gasteiger partial charge in [-0.15, -0.1) is 0 Å². The van der Waals surface area contributed by atoms with Crippen LogP contribution in [0.3, 0.4) is 0 Å². The first-order valence-corrected chi connectivity index (χ1v) is 7.41. The van der Waals surface area contributed by atoms with Crippen LogP contribution in [0.25, 0.3) is 0 Å². The molecule has 1 aliphatic rings. The highest BCUT2D eigenvalue weighted by atomic mass is 19.1. The number of halogens is 1. The van der Waals surface area contributed by atoms with Crippen molar-refractivity contribution in [3.8, 4) is 0 Å². The highest BCUT2D eigenvalue weighted by molar-refractivity contribution is 5.19. The van der Waals surface area contributed by atoms with Gasteiger partial charge in [-0.1, -0.05) is 18.2 Å². The summed E-state index contributed by atoms with van der Waals surface area (Å²) in [5.41, 5.74) is -0.383. The Hall–Kier alpha value is -1.01. The summed E-state index contributed by atoms with van der Waals surface area (Å²) in [4.78, 5) is 1.98. The van der Waals surface area contributed by atoms with E-state index in [1.165, 1.54) is 6.07 Å². The average Bonchev–Trinajstić information content (AvgIpc) is 2.45. The summed E-state index contributed by atoms with van der Waals surface area (Å²) >= 11 is 0. The van der Waals surface area contributed by atoms with Gasteiger partial charge in [0.2, 0.25) is 0 Å². The predicted molar refractivity (Wildman–Crippen MR) is 78.5 cm³/mol. The van der Waals surface area contributed by atoms with E-state index in [0.717, 1.165) is 0 Å². The Balaban J connectivity index is 1.81. The van der Waals surface area contributed by atoms with E-state index in [-0.39, 0.29) is 5.82 Å². The maximum absolute atomic E-state index is 13.6. The smallest absolute Gasteiger partial charge is 0.128 e. The standard InChI is InChI=1S/C16H24FNO3/c1-18(12-16(20)7-10-21-11-8-16)9-6-15(19)13-4-2-3-5-14(13)17/h2-5,15,19-20H,6-12H2,1H3. The van der Waals surface area contributed by atoms with E-state index in [4.69, 9.17) is 4.74 Å². The summed E-state index contributed by atoms with van der Waals surface area (Å²) in [7, 11) is 1.90. The molecule has 0 aliphatic carbocycles. The average molecular weight is 297 g/mol. The Morgan fingerprint density at radius 2 is 2.00 bits per heavy atom. The van der Waals surface area contributed by atoms with E-state index in [2.05, 4.69) is 0 Å². The second kappa shape index (κ2) is 7.31. The Morgan fingerprint density at radius 3 is 2.67 bits per heavy atom. The normalized spacial score (nSPS) is 19.7. The molecule has 1 aromatic rings. The third kappa shape index (κ3) is 4.74. The molecule has 0 spiro atoms. The quantitative estimate of drug-likeness (QED) is 0.839. The number of ether oxygens (including phenoxy) is 1. The highest BCUT2D eigenvalue weighted by Crippen LogP contribution is 2.23. The minimum Gasteiger partial charge on any atom is -0.388 e. The molecule has 2 rings (SSSR count). The number of hydrogen-bond acceptors (Lipinski definition) is 4. The van der Waals surface area contributed by atoms with Crippen molar-refractivity contribution in [2.75, 3.05) is 33.4 Å². The molecule has 118 valence electrons. The van der Waals surface area contributed by atoms with E-state index in [0.29, 0.717) is 51.1 Å². The minimum absolute atomic E-state index is 0.329. The minimum atomic E-state index is -0.821. The van der Waals surface area contributed by atoms with Crippen LogP contribution in [0.5, 0.6) is 0 Å². The fourth-order valence-electron chi connectivity index (χ4n) is 2.73. The lowest BCUT2D eigenvalue weighted by Gasteiger charge is -2.35. The Morgan fingerprint density at radius 1 is 1.33 bits per heavy atom. The van der Waals surface area contributed by atoms with Crippen molar-refractivity contribution in [2.24, 2.45) is 0 Å². The Kier molecular flexibility index (Phi) is 5.70. The topological polar surface area (TPSA) is 52.9 Å². The fourth-order valence-corrected chi connectivity index (χ4v) is 2.73. The van der Waals surface area contributed by atoms with Crippen LogP contribution >= 0.6 is 0 Å². The summed E-state index contributed by atoms with van der Waals surface area (Å²) < 4.78 is 18.8. The van der Waals surface area contributed by atoms with Crippen molar-refractivity contribution in [1.29, 1.82) is 0 Å². The number of aliphatic hydroxyl groups is 2. The Labute approximate surface area is 125 Å². The lowest BCUT2D eigenvalue weighted by Crippen LogP contribution is -2.46. The highest BCUT2D eigenvalue weighted by Gasteiger charge is 2.31. The Bertz CT molecular complexity index is 449. The number of rotatable bonds is 6. The van der Waals surface area contributed by atoms with Gasteiger partial charge in [0, 0.05) is 44.7 Å². The van der Waals surface area contributed by atoms with E-state index in [9.17, 15) is 14.6 Å². The first-order chi connectivity index (χ1) is 10.0. The van der Waals surface area contributed by atoms with Crippen molar-refractivity contribution < 1.29 is 19.3 Å². The summed E-state index contributed by atoms with van der Waals surface area (Å²) in [6.07, 6.45) is 0.878. The maximum atomic E-state index is 13.6. The molecule has 21 heavy (non-hydrogen) atoms. The summed E-state index contributed by atoms with van der Waals surface area (Å²) in [5, 5.41) is 20.5. The molecule has 1 aliphatic heterocycles. The van der Waals surface area contributed by atoms with Crippen molar-refractivity contribution in [2.45, 2.75) is 31.0 Å². The van der Waals surface area contributed by atoms with E-state index in [1.807, 2.05) is 11.9 Å². The lowest BCUT2D eigenvalue weighted by molar-refractivity contribution is -0.0776. The van der Waals surface area contributed by atoms with Crippen molar-refractivity contribution in [1.82, 2.24) is 4.90 Å². The van der Waals surface area contributed by atoms with E-state index in [1.54, 1.807) is 18.2 Å². The van der Waals surface area contributed by atoms with Gasteiger partial charge in [-0.3, -0.25) is 0 Å². The van der Waals surface area contributed by atoms with Gasteiger partial charge in [0.25, 0.3) is 0 Å². The molecule has 1 fully saturated rings. The van der Waals surface area contributed by atoms with Crippen LogP contribution in [-0.2, 0) is 4.74 Å². The summed E-state index contributed by atoms with van der Waals surface area (Å²) in [6.45, 7) is 2.31. The van der Waals surface area contributed by atoms with Crippen LogP contribution in [0, 0.1) is 5.82 Å². The molecule has 0 bridgehead atoms. The van der Waals surface area contributed by atoms with Crippen LogP contribution in [-0.4, -0.2) is 54.1 Å². The van der Waals surface area contributed by atoms with Crippen LogP contribution in [0.1, 0.15) is 30.9 Å². The summed E-state index contributed by atoms with van der Waals surface area (Å²) in [5.74, 6) is -0.379. The molecule has 1 heterocycles. The second-order valence-electron chi connectivity index (χ2n) is 5.90. The molecule has 5 heteroatoms. The van der Waals surface area contributed by atoms with Crippen LogP contribution in [0.2, 0.25) is 0 Å². The molecule has 1 aromatic carbocycles. The molecule has 1 unspecified atom stereocenters. The number of aliphatic hydroxyl groups excluding tert-OH is 1. The number of nitrogens with zero attached hydrogens (tertiary/aromatic N) is 1. The van der Waals surface area contributed by atoms with Gasteiger partial charge in [0.1, 0.15) is 5.82 Å². The lowest BCUT2D eigenvalue weighted by atomic mass is 9.94. The maximum Gasteiger partial charge on any atom is 0.128 e. The second-order valence-corrected chi connectivity index (χ2v) is 5.90. The molecule has 0 saturated carbocycles. The molecular weight excluding hydrogens is 273 g/mol. The number of benzene rings is 1. The van der Waals surface area contributed by atoms with Crippen LogP contribution in [0.15, 0.2) is 24.3 Å². The van der Waals surface area contributed by atoms with Crippen molar-refractivity contribution in [3.63, 3.8) is 0 Å². The monoisotopic (exact) mass is 297 g/mol. The molecule has 1 atom stereocenters. The number of hydrogen-bond donors (Lipinski definition) is 2. The largest absolute Gasteiger partial charge is 0.388 e. The summed E-state index contributed by atoms with van der Waals surface area (Å²) in [6, 6.07) is 6.29. The fraction of sp³-hybridized carbons (Fsp3) is 0.625. The van der Waals surface area contributed by atoms with Crippen LogP contribution in [0.4, 0.5) is 4.39 Å². The SMILES string of the molecule is CN(CCC(O)c1ccccc1F)CC1(O)CCOCC1.